The van der Waals surface area contributed by atoms with E-state index in [0.29, 0.717) is 11.4 Å². The van der Waals surface area contributed by atoms with Crippen molar-refractivity contribution in [2.75, 3.05) is 4.90 Å². The van der Waals surface area contributed by atoms with Crippen molar-refractivity contribution in [3.63, 3.8) is 0 Å². The maximum atomic E-state index is 9.76. The van der Waals surface area contributed by atoms with Gasteiger partial charge in [-0.25, -0.2) is 4.98 Å². The van der Waals surface area contributed by atoms with Crippen LogP contribution in [0.3, 0.4) is 0 Å². The first kappa shape index (κ1) is 21.2. The van der Waals surface area contributed by atoms with Crippen LogP contribution >= 0.6 is 0 Å². The molecular weight excluding hydrogens is 416 g/mol. The highest BCUT2D eigenvalue weighted by atomic mass is 15.1. The van der Waals surface area contributed by atoms with Gasteiger partial charge >= 0.3 is 0 Å². The molecule has 164 valence electrons. The van der Waals surface area contributed by atoms with Gasteiger partial charge in [0.05, 0.1) is 16.6 Å². The smallest absolute Gasteiger partial charge is 0.149 e. The van der Waals surface area contributed by atoms with E-state index in [1.54, 1.807) is 0 Å². The number of fused-ring (bicyclic) bond motifs is 1. The maximum absolute atomic E-state index is 9.76. The summed E-state index contributed by atoms with van der Waals surface area (Å²) in [6, 6.07) is 35.3. The zero-order chi connectivity index (χ0) is 23.5. The average molecular weight is 441 g/mol. The minimum Gasteiger partial charge on any atom is -0.337 e. The topological polar surface area (TPSA) is 55.7 Å². The summed E-state index contributed by atoms with van der Waals surface area (Å²) in [6.07, 6.45) is 1.86. The third-order valence-electron chi connectivity index (χ3n) is 5.81. The van der Waals surface area contributed by atoms with Gasteiger partial charge in [0.25, 0.3) is 0 Å². The Bertz CT molecular complexity index is 1420. The Morgan fingerprint density at radius 2 is 1.29 bits per heavy atom. The molecule has 4 aromatic carbocycles. The molecule has 0 fully saturated rings. The Balaban J connectivity index is 1.50. The zero-order valence-corrected chi connectivity index (χ0v) is 19.2. The number of imidazole rings is 1. The molecule has 0 bridgehead atoms. The fraction of sp³-hybridized carbons (Fsp3) is 0.0667. The van der Waals surface area contributed by atoms with E-state index >= 15 is 0 Å². The lowest BCUT2D eigenvalue weighted by Crippen LogP contribution is -2.09. The highest BCUT2D eigenvalue weighted by molar-refractivity contribution is 5.90. The first-order valence-corrected chi connectivity index (χ1v) is 11.2. The van der Waals surface area contributed by atoms with Gasteiger partial charge in [-0.2, -0.15) is 5.26 Å². The summed E-state index contributed by atoms with van der Waals surface area (Å²) >= 11 is 0. The van der Waals surface area contributed by atoms with Crippen molar-refractivity contribution in [1.82, 2.24) is 9.97 Å². The minimum atomic E-state index is 0.498. The Morgan fingerprint density at radius 1 is 0.765 bits per heavy atom. The molecule has 1 N–H and O–H groups in total. The maximum Gasteiger partial charge on any atom is 0.149 e. The summed E-state index contributed by atoms with van der Waals surface area (Å²) in [5.74, 6) is 0.578. The van der Waals surface area contributed by atoms with Crippen LogP contribution in [-0.2, 0) is 0 Å². The van der Waals surface area contributed by atoms with Crippen LogP contribution in [0.1, 0.15) is 22.5 Å². The Labute approximate surface area is 199 Å². The lowest BCUT2D eigenvalue weighted by atomic mass is 10.1. The zero-order valence-electron chi connectivity index (χ0n) is 19.2. The molecule has 0 unspecified atom stereocenters. The summed E-state index contributed by atoms with van der Waals surface area (Å²) in [5.41, 5.74) is 8.89. The van der Waals surface area contributed by atoms with Crippen molar-refractivity contribution in [3.05, 3.63) is 120 Å². The molecular formula is C30H24N4. The number of nitrogens with zero attached hydrogens (tertiary/aromatic N) is 3. The third-order valence-corrected chi connectivity index (χ3v) is 5.81. The number of aromatic nitrogens is 2. The van der Waals surface area contributed by atoms with Crippen LogP contribution in [-0.4, -0.2) is 9.97 Å². The lowest BCUT2D eigenvalue weighted by Gasteiger charge is -2.26. The van der Waals surface area contributed by atoms with Crippen molar-refractivity contribution in [2.45, 2.75) is 13.8 Å². The largest absolute Gasteiger partial charge is 0.337 e. The second-order valence-corrected chi connectivity index (χ2v) is 8.37. The van der Waals surface area contributed by atoms with Gasteiger partial charge < -0.3 is 9.88 Å². The number of nitriles is 1. The van der Waals surface area contributed by atoms with E-state index in [1.165, 1.54) is 11.1 Å². The highest BCUT2D eigenvalue weighted by Crippen LogP contribution is 2.35. The second-order valence-electron chi connectivity index (χ2n) is 8.37. The quantitative estimate of drug-likeness (QED) is 0.285. The van der Waals surface area contributed by atoms with Gasteiger partial charge in [0.15, 0.2) is 0 Å². The van der Waals surface area contributed by atoms with Gasteiger partial charge in [-0.05, 0) is 74.0 Å². The molecule has 0 aliphatic carbocycles. The average Bonchev–Trinajstić information content (AvgIpc) is 3.30. The van der Waals surface area contributed by atoms with Crippen molar-refractivity contribution >= 4 is 39.7 Å². The number of para-hydroxylation sites is 2. The number of aryl methyl sites for hydroxylation is 2. The van der Waals surface area contributed by atoms with Crippen LogP contribution in [0.15, 0.2) is 97.1 Å². The number of benzene rings is 4. The number of aromatic amines is 1. The lowest BCUT2D eigenvalue weighted by molar-refractivity contribution is 1.26. The molecule has 5 aromatic rings. The van der Waals surface area contributed by atoms with Crippen LogP contribution in [0.5, 0.6) is 0 Å². The SMILES string of the molecule is Cc1ccc(N(c2ccc(C)cc2)c2ccc(/C=C(\C#N)c3nc4ccccc4[nH]3)cc2)cc1. The number of hydrogen-bond donors (Lipinski definition) is 1. The van der Waals surface area contributed by atoms with E-state index in [0.717, 1.165) is 33.7 Å². The standard InChI is InChI=1S/C30H24N4/c1-21-7-13-25(14-8-21)34(26-15-9-22(2)10-16-26)27-17-11-23(12-18-27)19-24(20-31)30-32-28-5-3-4-6-29(28)33-30/h3-19H,1-2H3,(H,32,33)/b24-19+. The number of hydrogen-bond acceptors (Lipinski definition) is 3. The molecule has 0 aliphatic rings. The number of H-pyrrole nitrogens is 1. The monoisotopic (exact) mass is 440 g/mol. The van der Waals surface area contributed by atoms with E-state index in [2.05, 4.69) is 95.4 Å². The van der Waals surface area contributed by atoms with Crippen molar-refractivity contribution in [2.24, 2.45) is 0 Å². The van der Waals surface area contributed by atoms with Gasteiger partial charge in [-0.15, -0.1) is 0 Å². The summed E-state index contributed by atoms with van der Waals surface area (Å²) in [6.45, 7) is 4.19. The molecule has 0 aliphatic heterocycles. The van der Waals surface area contributed by atoms with E-state index in [9.17, 15) is 5.26 Å². The van der Waals surface area contributed by atoms with Crippen LogP contribution in [0.4, 0.5) is 17.1 Å². The third kappa shape index (κ3) is 4.32. The fourth-order valence-corrected chi connectivity index (χ4v) is 3.96. The highest BCUT2D eigenvalue weighted by Gasteiger charge is 2.13. The molecule has 0 saturated heterocycles. The predicted molar refractivity (Wildman–Crippen MR) is 140 cm³/mol. The van der Waals surface area contributed by atoms with Crippen LogP contribution in [0.25, 0.3) is 22.7 Å². The van der Waals surface area contributed by atoms with Crippen molar-refractivity contribution < 1.29 is 0 Å². The Kier molecular flexibility index (Phi) is 5.68. The fourth-order valence-electron chi connectivity index (χ4n) is 3.96. The first-order valence-electron chi connectivity index (χ1n) is 11.2. The molecule has 0 atom stereocenters. The molecule has 4 heteroatoms. The van der Waals surface area contributed by atoms with E-state index < -0.39 is 0 Å². The number of nitrogens with one attached hydrogen (secondary N) is 1. The predicted octanol–water partition coefficient (Wildman–Crippen LogP) is 7.71. The Hall–Kier alpha value is -4.62. The van der Waals surface area contributed by atoms with Gasteiger partial charge in [-0.1, -0.05) is 59.7 Å². The van der Waals surface area contributed by atoms with Crippen LogP contribution < -0.4 is 4.90 Å². The normalized spacial score (nSPS) is 11.4. The van der Waals surface area contributed by atoms with Gasteiger partial charge in [0.1, 0.15) is 11.9 Å². The molecule has 34 heavy (non-hydrogen) atoms. The van der Waals surface area contributed by atoms with E-state index in [4.69, 9.17) is 0 Å². The minimum absolute atomic E-state index is 0.498. The molecule has 1 heterocycles. The molecule has 5 rings (SSSR count). The van der Waals surface area contributed by atoms with Crippen LogP contribution in [0.2, 0.25) is 0 Å². The van der Waals surface area contributed by atoms with Crippen LogP contribution in [0, 0.1) is 25.2 Å². The molecule has 0 radical (unpaired) electrons. The summed E-state index contributed by atoms with van der Waals surface area (Å²) in [5, 5.41) is 9.76. The van der Waals surface area contributed by atoms with Gasteiger partial charge in [0, 0.05) is 17.1 Å². The molecule has 0 saturated carbocycles. The second kappa shape index (κ2) is 9.09. The molecule has 4 nitrogen and oxygen atoms in total. The van der Waals surface area contributed by atoms with Gasteiger partial charge in [0.2, 0.25) is 0 Å². The van der Waals surface area contributed by atoms with Gasteiger partial charge in [-0.3, -0.25) is 0 Å². The number of rotatable bonds is 5. The first-order chi connectivity index (χ1) is 16.6. The van der Waals surface area contributed by atoms with Crippen molar-refractivity contribution in [1.29, 1.82) is 5.26 Å². The number of anilines is 3. The van der Waals surface area contributed by atoms with E-state index in [-0.39, 0.29) is 0 Å². The summed E-state index contributed by atoms with van der Waals surface area (Å²) in [4.78, 5) is 10.0. The summed E-state index contributed by atoms with van der Waals surface area (Å²) in [7, 11) is 0. The molecule has 0 amide bonds. The Morgan fingerprint density at radius 3 is 1.82 bits per heavy atom. The summed E-state index contributed by atoms with van der Waals surface area (Å²) < 4.78 is 0. The molecule has 1 aromatic heterocycles. The molecule has 0 spiro atoms. The van der Waals surface area contributed by atoms with Crippen molar-refractivity contribution in [3.8, 4) is 6.07 Å². The number of allylic oxidation sites excluding steroid dienone is 1. The van der Waals surface area contributed by atoms with E-state index in [1.807, 2.05) is 42.5 Å².